The van der Waals surface area contributed by atoms with Gasteiger partial charge in [0.05, 0.1) is 5.54 Å². The van der Waals surface area contributed by atoms with Crippen molar-refractivity contribution in [1.29, 1.82) is 0 Å². The second kappa shape index (κ2) is 6.15. The van der Waals surface area contributed by atoms with Crippen LogP contribution in [0.5, 0.6) is 0 Å². The van der Waals surface area contributed by atoms with Crippen LogP contribution in [0.1, 0.15) is 18.4 Å². The van der Waals surface area contributed by atoms with Crippen LogP contribution in [0.25, 0.3) is 22.4 Å². The van der Waals surface area contributed by atoms with E-state index in [4.69, 9.17) is 10.8 Å². The zero-order chi connectivity index (χ0) is 18.1. The molecule has 6 heteroatoms. The first-order chi connectivity index (χ1) is 12.6. The molecular weight excluding hydrogens is 328 g/mol. The van der Waals surface area contributed by atoms with Crippen molar-refractivity contribution >= 4 is 11.9 Å². The van der Waals surface area contributed by atoms with Gasteiger partial charge in [-0.3, -0.25) is 0 Å². The maximum atomic E-state index is 11.0. The minimum absolute atomic E-state index is 0.367. The van der Waals surface area contributed by atoms with E-state index in [9.17, 15) is 4.79 Å². The Morgan fingerprint density at radius 3 is 2.31 bits per heavy atom. The average Bonchev–Trinajstić information content (AvgIpc) is 3.42. The number of nitrogens with one attached hydrogen (secondary N) is 1. The van der Waals surface area contributed by atoms with Crippen molar-refractivity contribution in [2.75, 3.05) is 5.73 Å². The molecule has 6 nitrogen and oxygen atoms in total. The van der Waals surface area contributed by atoms with E-state index < -0.39 is 11.6 Å². The monoisotopic (exact) mass is 346 g/mol. The van der Waals surface area contributed by atoms with Crippen molar-refractivity contribution < 1.29 is 9.90 Å². The van der Waals surface area contributed by atoms with E-state index in [0.29, 0.717) is 5.82 Å². The fourth-order valence-corrected chi connectivity index (χ4v) is 3.22. The van der Waals surface area contributed by atoms with Crippen LogP contribution in [0, 0.1) is 0 Å². The number of nitrogens with zero attached hydrogens (tertiary/aromatic N) is 2. The third kappa shape index (κ3) is 2.97. The Morgan fingerprint density at radius 1 is 1.00 bits per heavy atom. The van der Waals surface area contributed by atoms with Crippen molar-refractivity contribution in [3.63, 3.8) is 0 Å². The fourth-order valence-electron chi connectivity index (χ4n) is 3.22. The van der Waals surface area contributed by atoms with Gasteiger partial charge in [0.25, 0.3) is 0 Å². The highest BCUT2D eigenvalue weighted by Crippen LogP contribution is 2.46. The molecule has 0 bridgehead atoms. The quantitative estimate of drug-likeness (QED) is 0.669. The lowest BCUT2D eigenvalue weighted by molar-refractivity contribution is 0.188. The molecule has 2 aromatic carbocycles. The number of hydrogen-bond donors (Lipinski definition) is 3. The predicted octanol–water partition coefficient (Wildman–Crippen LogP) is 3.65. The normalized spacial score (nSPS) is 14.6. The van der Waals surface area contributed by atoms with E-state index in [1.54, 1.807) is 0 Å². The highest BCUT2D eigenvalue weighted by molar-refractivity contribution is 5.81. The molecule has 130 valence electrons. The minimum atomic E-state index is -0.998. The zero-order valence-electron chi connectivity index (χ0n) is 14.0. The van der Waals surface area contributed by atoms with Gasteiger partial charge in [-0.05, 0) is 30.0 Å². The van der Waals surface area contributed by atoms with Gasteiger partial charge >= 0.3 is 6.09 Å². The summed E-state index contributed by atoms with van der Waals surface area (Å²) in [4.78, 5) is 11.0. The Balaban J connectivity index is 1.72. The van der Waals surface area contributed by atoms with Gasteiger partial charge in [-0.15, -0.1) is 10.2 Å². The molecule has 0 saturated heterocycles. The summed E-state index contributed by atoms with van der Waals surface area (Å²) in [5.74, 6) is 0.367. The number of amides is 1. The SMILES string of the molecule is Nc1cc(-c2ccccc2)c(-c2ccc(C3(NC(=O)O)CC3)cc2)nn1. The first kappa shape index (κ1) is 16.1. The molecule has 1 aliphatic rings. The second-order valence-electron chi connectivity index (χ2n) is 6.49. The van der Waals surface area contributed by atoms with Crippen molar-refractivity contribution in [1.82, 2.24) is 15.5 Å². The molecule has 0 aliphatic heterocycles. The van der Waals surface area contributed by atoms with Gasteiger partial charge in [0, 0.05) is 11.1 Å². The van der Waals surface area contributed by atoms with E-state index in [-0.39, 0.29) is 0 Å². The number of carbonyl (C=O) groups is 1. The Kier molecular flexibility index (Phi) is 3.80. The Bertz CT molecular complexity index is 951. The lowest BCUT2D eigenvalue weighted by atomic mass is 9.97. The molecule has 1 saturated carbocycles. The lowest BCUT2D eigenvalue weighted by Crippen LogP contribution is -2.33. The standard InChI is InChI=1S/C20H18N4O2/c21-17-12-16(13-4-2-1-3-5-13)18(24-23-17)14-6-8-15(9-7-14)20(10-11-20)22-19(25)26/h1-9,12,22H,10-11H2,(H2,21,23)(H,25,26). The van der Waals surface area contributed by atoms with Crippen molar-refractivity contribution in [2.24, 2.45) is 0 Å². The lowest BCUT2D eigenvalue weighted by Gasteiger charge is -2.16. The maximum absolute atomic E-state index is 11.0. The highest BCUT2D eigenvalue weighted by atomic mass is 16.4. The molecule has 1 fully saturated rings. The molecule has 3 aromatic rings. The molecule has 0 atom stereocenters. The Morgan fingerprint density at radius 2 is 1.69 bits per heavy atom. The first-order valence-electron chi connectivity index (χ1n) is 8.38. The van der Waals surface area contributed by atoms with Gasteiger partial charge in [0.2, 0.25) is 0 Å². The molecule has 0 radical (unpaired) electrons. The van der Waals surface area contributed by atoms with Crippen LogP contribution in [0.3, 0.4) is 0 Å². The van der Waals surface area contributed by atoms with Crippen LogP contribution in [-0.2, 0) is 5.54 Å². The van der Waals surface area contributed by atoms with Crippen molar-refractivity contribution in [3.8, 4) is 22.4 Å². The summed E-state index contributed by atoms with van der Waals surface area (Å²) in [6, 6.07) is 19.5. The molecule has 26 heavy (non-hydrogen) atoms. The molecule has 1 aliphatic carbocycles. The Hall–Kier alpha value is -3.41. The topological polar surface area (TPSA) is 101 Å². The number of carboxylic acid groups (broad SMARTS) is 1. The summed E-state index contributed by atoms with van der Waals surface area (Å²) in [7, 11) is 0. The summed E-state index contributed by atoms with van der Waals surface area (Å²) >= 11 is 0. The first-order valence-corrected chi connectivity index (χ1v) is 8.38. The van der Waals surface area contributed by atoms with Gasteiger partial charge in [-0.25, -0.2) is 4.79 Å². The smallest absolute Gasteiger partial charge is 0.405 e. The third-order valence-electron chi connectivity index (χ3n) is 4.70. The molecule has 1 amide bonds. The van der Waals surface area contributed by atoms with E-state index in [2.05, 4.69) is 15.5 Å². The van der Waals surface area contributed by atoms with Gasteiger partial charge in [0.15, 0.2) is 0 Å². The number of nitrogens with two attached hydrogens (primary N) is 1. The number of hydrogen-bond acceptors (Lipinski definition) is 4. The fraction of sp³-hybridized carbons (Fsp3) is 0.150. The van der Waals surface area contributed by atoms with Gasteiger partial charge in [-0.2, -0.15) is 0 Å². The predicted molar refractivity (Wildman–Crippen MR) is 99.4 cm³/mol. The van der Waals surface area contributed by atoms with Crippen LogP contribution in [0.15, 0.2) is 60.7 Å². The van der Waals surface area contributed by atoms with Crippen LogP contribution >= 0.6 is 0 Å². The summed E-state index contributed by atoms with van der Waals surface area (Å²) in [5, 5.41) is 20.0. The van der Waals surface area contributed by atoms with Crippen LogP contribution in [0.2, 0.25) is 0 Å². The van der Waals surface area contributed by atoms with E-state index in [1.165, 1.54) is 0 Å². The van der Waals surface area contributed by atoms with Gasteiger partial charge in [0.1, 0.15) is 11.5 Å². The molecular formula is C20H18N4O2. The minimum Gasteiger partial charge on any atom is -0.465 e. The second-order valence-corrected chi connectivity index (χ2v) is 6.49. The van der Waals surface area contributed by atoms with Crippen molar-refractivity contribution in [2.45, 2.75) is 18.4 Å². The van der Waals surface area contributed by atoms with Crippen molar-refractivity contribution in [3.05, 3.63) is 66.2 Å². The van der Waals surface area contributed by atoms with Crippen LogP contribution in [0.4, 0.5) is 10.6 Å². The molecule has 4 N–H and O–H groups in total. The van der Waals surface area contributed by atoms with Gasteiger partial charge < -0.3 is 16.2 Å². The van der Waals surface area contributed by atoms with Gasteiger partial charge in [-0.1, -0.05) is 54.6 Å². The van der Waals surface area contributed by atoms with Crippen LogP contribution in [-0.4, -0.2) is 21.4 Å². The number of benzene rings is 2. The molecule has 4 rings (SSSR count). The number of aromatic nitrogens is 2. The van der Waals surface area contributed by atoms with E-state index in [0.717, 1.165) is 40.8 Å². The third-order valence-corrected chi connectivity index (χ3v) is 4.70. The largest absolute Gasteiger partial charge is 0.465 e. The number of rotatable bonds is 4. The van der Waals surface area contributed by atoms with E-state index >= 15 is 0 Å². The van der Waals surface area contributed by atoms with Crippen LogP contribution < -0.4 is 11.1 Å². The summed E-state index contributed by atoms with van der Waals surface area (Å²) in [6.07, 6.45) is 0.632. The molecule has 1 aromatic heterocycles. The average molecular weight is 346 g/mol. The molecule has 0 unspecified atom stereocenters. The number of nitrogen functional groups attached to an aromatic ring is 1. The molecule has 1 heterocycles. The summed E-state index contributed by atoms with van der Waals surface area (Å²) in [5.41, 5.74) is 9.94. The highest BCUT2D eigenvalue weighted by Gasteiger charge is 2.45. The Labute approximate surface area is 150 Å². The number of anilines is 1. The summed E-state index contributed by atoms with van der Waals surface area (Å²) in [6.45, 7) is 0. The summed E-state index contributed by atoms with van der Waals surface area (Å²) < 4.78 is 0. The molecule has 0 spiro atoms. The zero-order valence-corrected chi connectivity index (χ0v) is 14.0. The van der Waals surface area contributed by atoms with E-state index in [1.807, 2.05) is 60.7 Å². The maximum Gasteiger partial charge on any atom is 0.405 e.